The van der Waals surface area contributed by atoms with Crippen LogP contribution in [0, 0.1) is 12.7 Å². The molecular formula is C13H8Cl3F. The molecule has 0 heterocycles. The van der Waals surface area contributed by atoms with E-state index in [0.29, 0.717) is 26.7 Å². The fourth-order valence-corrected chi connectivity index (χ4v) is 2.15. The topological polar surface area (TPSA) is 0 Å². The lowest BCUT2D eigenvalue weighted by Crippen LogP contribution is -1.86. The Morgan fingerprint density at radius 2 is 1.65 bits per heavy atom. The van der Waals surface area contributed by atoms with Crippen LogP contribution in [0.3, 0.4) is 0 Å². The minimum absolute atomic E-state index is 0.273. The summed E-state index contributed by atoms with van der Waals surface area (Å²) >= 11 is 17.9. The summed E-state index contributed by atoms with van der Waals surface area (Å²) in [6.07, 6.45) is 0. The molecule has 0 saturated carbocycles. The predicted octanol–water partition coefficient (Wildman–Crippen LogP) is 5.76. The van der Waals surface area contributed by atoms with E-state index in [2.05, 4.69) is 0 Å². The monoisotopic (exact) mass is 288 g/mol. The van der Waals surface area contributed by atoms with E-state index in [1.807, 2.05) is 0 Å². The Hall–Kier alpha value is -0.760. The molecule has 0 aliphatic carbocycles. The van der Waals surface area contributed by atoms with Crippen LogP contribution in [0.15, 0.2) is 30.3 Å². The highest BCUT2D eigenvalue weighted by molar-refractivity contribution is 6.49. The molecule has 0 amide bonds. The van der Waals surface area contributed by atoms with Crippen LogP contribution in [0.5, 0.6) is 0 Å². The van der Waals surface area contributed by atoms with Gasteiger partial charge in [0.15, 0.2) is 0 Å². The van der Waals surface area contributed by atoms with Crippen molar-refractivity contribution in [2.45, 2.75) is 6.92 Å². The lowest BCUT2D eigenvalue weighted by atomic mass is 10.0. The maximum Gasteiger partial charge on any atom is 0.126 e. The van der Waals surface area contributed by atoms with Crippen LogP contribution in [-0.4, -0.2) is 0 Å². The van der Waals surface area contributed by atoms with Crippen molar-refractivity contribution in [1.29, 1.82) is 0 Å². The molecule has 0 spiro atoms. The first-order chi connectivity index (χ1) is 8.00. The van der Waals surface area contributed by atoms with Crippen LogP contribution in [0.25, 0.3) is 11.1 Å². The van der Waals surface area contributed by atoms with Crippen molar-refractivity contribution in [3.63, 3.8) is 0 Å². The second-order valence-corrected chi connectivity index (χ2v) is 4.85. The van der Waals surface area contributed by atoms with Gasteiger partial charge in [0, 0.05) is 5.56 Å². The molecule has 0 unspecified atom stereocenters. The lowest BCUT2D eigenvalue weighted by Gasteiger charge is -2.08. The normalized spacial score (nSPS) is 10.6. The molecule has 2 aromatic carbocycles. The van der Waals surface area contributed by atoms with Gasteiger partial charge in [-0.2, -0.15) is 0 Å². The minimum atomic E-state index is -0.273. The van der Waals surface area contributed by atoms with Crippen molar-refractivity contribution < 1.29 is 4.39 Å². The molecule has 0 bridgehead atoms. The summed E-state index contributed by atoms with van der Waals surface area (Å²) in [4.78, 5) is 0. The standard InChI is InChI=1S/C13H8Cl3F/c1-7-2-3-8(6-11(7)17)9-4-5-10(14)13(16)12(9)15/h2-6H,1H3. The van der Waals surface area contributed by atoms with Crippen LogP contribution in [0.4, 0.5) is 4.39 Å². The summed E-state index contributed by atoms with van der Waals surface area (Å²) in [5.74, 6) is -0.273. The third-order valence-electron chi connectivity index (χ3n) is 2.52. The Morgan fingerprint density at radius 3 is 2.29 bits per heavy atom. The van der Waals surface area contributed by atoms with Gasteiger partial charge in [-0.05, 0) is 30.2 Å². The molecule has 2 rings (SSSR count). The molecule has 88 valence electrons. The Morgan fingerprint density at radius 1 is 0.941 bits per heavy atom. The summed E-state index contributed by atoms with van der Waals surface area (Å²) < 4.78 is 13.5. The van der Waals surface area contributed by atoms with Crippen LogP contribution >= 0.6 is 34.8 Å². The molecule has 0 aliphatic rings. The van der Waals surface area contributed by atoms with Crippen LogP contribution in [-0.2, 0) is 0 Å². The van der Waals surface area contributed by atoms with Crippen LogP contribution < -0.4 is 0 Å². The van der Waals surface area contributed by atoms with E-state index in [1.54, 1.807) is 31.2 Å². The van der Waals surface area contributed by atoms with E-state index in [4.69, 9.17) is 34.8 Å². The molecule has 0 radical (unpaired) electrons. The number of rotatable bonds is 1. The highest BCUT2D eigenvalue weighted by Crippen LogP contribution is 2.38. The third kappa shape index (κ3) is 2.42. The smallest absolute Gasteiger partial charge is 0.126 e. The van der Waals surface area contributed by atoms with Gasteiger partial charge in [-0.25, -0.2) is 4.39 Å². The Kier molecular flexibility index (Phi) is 3.62. The average Bonchev–Trinajstić information content (AvgIpc) is 2.30. The molecule has 2 aromatic rings. The molecule has 4 heteroatoms. The maximum absolute atomic E-state index is 13.5. The molecular weight excluding hydrogens is 281 g/mol. The molecule has 0 nitrogen and oxygen atoms in total. The van der Waals surface area contributed by atoms with Gasteiger partial charge in [0.25, 0.3) is 0 Å². The van der Waals surface area contributed by atoms with Gasteiger partial charge >= 0.3 is 0 Å². The van der Waals surface area contributed by atoms with E-state index < -0.39 is 0 Å². The van der Waals surface area contributed by atoms with E-state index in [1.165, 1.54) is 6.07 Å². The second-order valence-electron chi connectivity index (χ2n) is 3.69. The van der Waals surface area contributed by atoms with Crippen molar-refractivity contribution in [3.8, 4) is 11.1 Å². The zero-order chi connectivity index (χ0) is 12.6. The number of benzene rings is 2. The van der Waals surface area contributed by atoms with E-state index >= 15 is 0 Å². The zero-order valence-corrected chi connectivity index (χ0v) is 11.2. The summed E-state index contributed by atoms with van der Waals surface area (Å²) in [5.41, 5.74) is 1.93. The number of hydrogen-bond acceptors (Lipinski definition) is 0. The minimum Gasteiger partial charge on any atom is -0.207 e. The second kappa shape index (κ2) is 4.85. The average molecular weight is 290 g/mol. The molecule has 0 fully saturated rings. The highest BCUT2D eigenvalue weighted by atomic mass is 35.5. The molecule has 0 atom stereocenters. The van der Waals surface area contributed by atoms with Crippen molar-refractivity contribution in [2.75, 3.05) is 0 Å². The summed E-state index contributed by atoms with van der Waals surface area (Å²) in [6, 6.07) is 8.29. The molecule has 0 N–H and O–H groups in total. The first-order valence-electron chi connectivity index (χ1n) is 4.90. The first-order valence-corrected chi connectivity index (χ1v) is 6.04. The van der Waals surface area contributed by atoms with Gasteiger partial charge in [0.2, 0.25) is 0 Å². The SMILES string of the molecule is Cc1ccc(-c2ccc(Cl)c(Cl)c2Cl)cc1F. The van der Waals surface area contributed by atoms with Gasteiger partial charge < -0.3 is 0 Å². The van der Waals surface area contributed by atoms with Gasteiger partial charge in [-0.15, -0.1) is 0 Å². The molecule has 0 aromatic heterocycles. The predicted molar refractivity (Wildman–Crippen MR) is 71.6 cm³/mol. The van der Waals surface area contributed by atoms with Crippen molar-refractivity contribution in [1.82, 2.24) is 0 Å². The van der Waals surface area contributed by atoms with Crippen molar-refractivity contribution >= 4 is 34.8 Å². The third-order valence-corrected chi connectivity index (χ3v) is 3.81. The largest absolute Gasteiger partial charge is 0.207 e. The lowest BCUT2D eigenvalue weighted by molar-refractivity contribution is 0.619. The van der Waals surface area contributed by atoms with Gasteiger partial charge in [-0.1, -0.05) is 53.0 Å². The van der Waals surface area contributed by atoms with Gasteiger partial charge in [0.05, 0.1) is 15.1 Å². The maximum atomic E-state index is 13.5. The summed E-state index contributed by atoms with van der Waals surface area (Å²) in [7, 11) is 0. The fourth-order valence-electron chi connectivity index (χ4n) is 1.51. The van der Waals surface area contributed by atoms with Gasteiger partial charge in [0.1, 0.15) is 5.82 Å². The number of hydrogen-bond donors (Lipinski definition) is 0. The zero-order valence-electron chi connectivity index (χ0n) is 8.90. The Bertz CT molecular complexity index is 579. The summed E-state index contributed by atoms with van der Waals surface area (Å²) in [6.45, 7) is 1.70. The fraction of sp³-hybridized carbons (Fsp3) is 0.0769. The Labute approximate surface area is 114 Å². The first kappa shape index (κ1) is 12.7. The van der Waals surface area contributed by atoms with E-state index in [0.717, 1.165) is 0 Å². The van der Waals surface area contributed by atoms with Crippen molar-refractivity contribution in [3.05, 3.63) is 56.8 Å². The molecule has 0 aliphatic heterocycles. The Balaban J connectivity index is 2.61. The molecule has 0 saturated heterocycles. The van der Waals surface area contributed by atoms with Gasteiger partial charge in [-0.3, -0.25) is 0 Å². The van der Waals surface area contributed by atoms with Crippen LogP contribution in [0.2, 0.25) is 15.1 Å². The van der Waals surface area contributed by atoms with E-state index in [9.17, 15) is 4.39 Å². The highest BCUT2D eigenvalue weighted by Gasteiger charge is 2.11. The van der Waals surface area contributed by atoms with Crippen molar-refractivity contribution in [2.24, 2.45) is 0 Å². The van der Waals surface area contributed by atoms with E-state index in [-0.39, 0.29) is 10.8 Å². The van der Waals surface area contributed by atoms with Crippen LogP contribution in [0.1, 0.15) is 5.56 Å². The number of halogens is 4. The quantitative estimate of drug-likeness (QED) is 0.585. The molecule has 17 heavy (non-hydrogen) atoms. The number of aryl methyl sites for hydroxylation is 1. The summed E-state index contributed by atoms with van der Waals surface area (Å²) in [5, 5.41) is 1.00.